The standard InChI is InChI=1S/C28H36N8O3/c1-6-11-29-27(38)22-17-30-28(31-20-7-9-21(10-8-20)35-14-12-34(4)13-15-35)33-26(22)32-23-18-36(19(2)3)25(37)16-24(23)39-5/h6-10,16-19H,1,11-15H2,2-5H3,(H,29,38)(H2,30,31,32,33). The van der Waals surface area contributed by atoms with Gasteiger partial charge in [0.05, 0.1) is 12.8 Å². The van der Waals surface area contributed by atoms with Crippen molar-refractivity contribution in [3.05, 3.63) is 71.3 Å². The normalized spacial score (nSPS) is 13.7. The van der Waals surface area contributed by atoms with E-state index >= 15 is 0 Å². The van der Waals surface area contributed by atoms with Gasteiger partial charge in [-0.3, -0.25) is 9.59 Å². The van der Waals surface area contributed by atoms with Crippen LogP contribution < -0.4 is 31.1 Å². The molecule has 0 atom stereocenters. The number of nitrogens with one attached hydrogen (secondary N) is 3. The van der Waals surface area contributed by atoms with Gasteiger partial charge in [-0.2, -0.15) is 4.98 Å². The number of rotatable bonds is 10. The Kier molecular flexibility index (Phi) is 8.82. The van der Waals surface area contributed by atoms with Crippen molar-refractivity contribution in [2.24, 2.45) is 0 Å². The number of amides is 1. The molecule has 4 rings (SSSR count). The van der Waals surface area contributed by atoms with Gasteiger partial charge in [-0.1, -0.05) is 6.08 Å². The van der Waals surface area contributed by atoms with Gasteiger partial charge >= 0.3 is 0 Å². The van der Waals surface area contributed by atoms with Crippen LogP contribution in [0.1, 0.15) is 30.2 Å². The van der Waals surface area contributed by atoms with Crippen molar-refractivity contribution in [3.8, 4) is 5.75 Å². The van der Waals surface area contributed by atoms with Crippen LogP contribution in [0.15, 0.2) is 60.2 Å². The van der Waals surface area contributed by atoms with E-state index in [0.29, 0.717) is 23.9 Å². The van der Waals surface area contributed by atoms with Crippen LogP contribution >= 0.6 is 0 Å². The fourth-order valence-electron chi connectivity index (χ4n) is 4.24. The SMILES string of the molecule is C=CCNC(=O)c1cnc(Nc2ccc(N3CCN(C)CC3)cc2)nc1Nc1cn(C(C)C)c(=O)cc1OC. The highest BCUT2D eigenvalue weighted by Gasteiger charge is 2.18. The van der Waals surface area contributed by atoms with E-state index in [-0.39, 0.29) is 28.9 Å². The zero-order chi connectivity index (χ0) is 27.9. The average molecular weight is 533 g/mol. The summed E-state index contributed by atoms with van der Waals surface area (Å²) >= 11 is 0. The summed E-state index contributed by atoms with van der Waals surface area (Å²) in [6.45, 7) is 11.8. The maximum atomic E-state index is 12.9. The lowest BCUT2D eigenvalue weighted by molar-refractivity contribution is 0.0958. The van der Waals surface area contributed by atoms with Gasteiger partial charge in [0.1, 0.15) is 17.1 Å². The number of aromatic nitrogens is 3. The second kappa shape index (κ2) is 12.4. The number of carbonyl (C=O) groups excluding carboxylic acids is 1. The minimum atomic E-state index is -0.364. The average Bonchev–Trinajstić information content (AvgIpc) is 2.93. The van der Waals surface area contributed by atoms with Gasteiger partial charge in [-0.15, -0.1) is 6.58 Å². The Morgan fingerprint density at radius 3 is 2.51 bits per heavy atom. The fourth-order valence-corrected chi connectivity index (χ4v) is 4.24. The van der Waals surface area contributed by atoms with Gasteiger partial charge in [0, 0.05) is 68.6 Å². The smallest absolute Gasteiger partial charge is 0.256 e. The van der Waals surface area contributed by atoms with E-state index in [9.17, 15) is 9.59 Å². The molecule has 3 N–H and O–H groups in total. The monoisotopic (exact) mass is 532 g/mol. The highest BCUT2D eigenvalue weighted by Crippen LogP contribution is 2.29. The summed E-state index contributed by atoms with van der Waals surface area (Å²) < 4.78 is 7.01. The molecule has 2 aromatic heterocycles. The zero-order valence-electron chi connectivity index (χ0n) is 22.9. The number of hydrogen-bond acceptors (Lipinski definition) is 9. The van der Waals surface area contributed by atoms with Crippen molar-refractivity contribution in [2.75, 3.05) is 62.4 Å². The Hall–Kier alpha value is -4.38. The van der Waals surface area contributed by atoms with Crippen molar-refractivity contribution < 1.29 is 9.53 Å². The first-order chi connectivity index (χ1) is 18.8. The highest BCUT2D eigenvalue weighted by molar-refractivity contribution is 5.99. The molecule has 11 nitrogen and oxygen atoms in total. The van der Waals surface area contributed by atoms with Gasteiger partial charge in [0.25, 0.3) is 11.5 Å². The molecular formula is C28H36N8O3. The Labute approximate surface area is 228 Å². The van der Waals surface area contributed by atoms with Crippen LogP contribution in [0.3, 0.4) is 0 Å². The number of carbonyl (C=O) groups is 1. The van der Waals surface area contributed by atoms with Gasteiger partial charge < -0.3 is 35.1 Å². The van der Waals surface area contributed by atoms with Crippen LogP contribution in [0, 0.1) is 0 Å². The summed E-state index contributed by atoms with van der Waals surface area (Å²) in [5.74, 6) is 0.537. The molecule has 206 valence electrons. The number of anilines is 5. The minimum Gasteiger partial charge on any atom is -0.494 e. The van der Waals surface area contributed by atoms with Gasteiger partial charge in [0.2, 0.25) is 5.95 Å². The molecule has 1 aliphatic rings. The molecule has 1 aliphatic heterocycles. The third-order valence-electron chi connectivity index (χ3n) is 6.50. The summed E-state index contributed by atoms with van der Waals surface area (Å²) in [6, 6.07) is 9.44. The minimum absolute atomic E-state index is 0.0734. The molecular weight excluding hydrogens is 496 g/mol. The molecule has 1 fully saturated rings. The lowest BCUT2D eigenvalue weighted by Gasteiger charge is -2.34. The Bertz CT molecular complexity index is 1360. The topological polar surface area (TPSA) is 117 Å². The molecule has 39 heavy (non-hydrogen) atoms. The molecule has 3 aromatic rings. The third-order valence-corrected chi connectivity index (χ3v) is 6.50. The van der Waals surface area contributed by atoms with Crippen LogP contribution in [0.25, 0.3) is 0 Å². The van der Waals surface area contributed by atoms with Crippen LogP contribution in [0.5, 0.6) is 5.75 Å². The predicted octanol–water partition coefficient (Wildman–Crippen LogP) is 3.38. The van der Waals surface area contributed by atoms with Gasteiger partial charge in [0.15, 0.2) is 0 Å². The van der Waals surface area contributed by atoms with E-state index in [1.54, 1.807) is 16.8 Å². The molecule has 0 saturated carbocycles. The molecule has 0 radical (unpaired) electrons. The van der Waals surface area contributed by atoms with Crippen molar-refractivity contribution in [1.29, 1.82) is 0 Å². The van der Waals surface area contributed by atoms with E-state index in [1.165, 1.54) is 25.1 Å². The maximum absolute atomic E-state index is 12.9. The second-order valence-corrected chi connectivity index (χ2v) is 9.64. The molecule has 0 unspecified atom stereocenters. The maximum Gasteiger partial charge on any atom is 0.256 e. The molecule has 11 heteroatoms. The number of hydrogen-bond donors (Lipinski definition) is 3. The van der Waals surface area contributed by atoms with Crippen LogP contribution in [-0.4, -0.2) is 72.2 Å². The molecule has 1 aromatic carbocycles. The van der Waals surface area contributed by atoms with Gasteiger partial charge in [-0.05, 0) is 45.2 Å². The highest BCUT2D eigenvalue weighted by atomic mass is 16.5. The second-order valence-electron chi connectivity index (χ2n) is 9.64. The lowest BCUT2D eigenvalue weighted by atomic mass is 10.2. The zero-order valence-corrected chi connectivity index (χ0v) is 22.9. The number of likely N-dealkylation sites (N-methyl/N-ethyl adjacent to an activating group) is 1. The molecule has 0 spiro atoms. The Morgan fingerprint density at radius 2 is 1.87 bits per heavy atom. The van der Waals surface area contributed by atoms with Crippen molar-refractivity contribution in [1.82, 2.24) is 24.8 Å². The van der Waals surface area contributed by atoms with Crippen molar-refractivity contribution >= 4 is 34.7 Å². The molecule has 3 heterocycles. The Morgan fingerprint density at radius 1 is 1.15 bits per heavy atom. The first-order valence-corrected chi connectivity index (χ1v) is 12.9. The van der Waals surface area contributed by atoms with Crippen molar-refractivity contribution in [2.45, 2.75) is 19.9 Å². The number of pyridine rings is 1. The predicted molar refractivity (Wildman–Crippen MR) is 155 cm³/mol. The summed E-state index contributed by atoms with van der Waals surface area (Å²) in [6.07, 6.45) is 4.71. The fraction of sp³-hybridized carbons (Fsp3) is 0.357. The number of piperazine rings is 1. The van der Waals surface area contributed by atoms with Crippen LogP contribution in [0.4, 0.5) is 28.8 Å². The molecule has 0 bridgehead atoms. The number of ether oxygens (including phenoxy) is 1. The quantitative estimate of drug-likeness (QED) is 0.338. The largest absolute Gasteiger partial charge is 0.494 e. The summed E-state index contributed by atoms with van der Waals surface area (Å²) in [4.78, 5) is 39.0. The van der Waals surface area contributed by atoms with Crippen LogP contribution in [0.2, 0.25) is 0 Å². The van der Waals surface area contributed by atoms with Crippen LogP contribution in [-0.2, 0) is 0 Å². The van der Waals surface area contributed by atoms with Crippen molar-refractivity contribution in [3.63, 3.8) is 0 Å². The first-order valence-electron chi connectivity index (χ1n) is 12.9. The molecule has 0 aliphatic carbocycles. The van der Waals surface area contributed by atoms with E-state index in [0.717, 1.165) is 31.9 Å². The summed E-state index contributed by atoms with van der Waals surface area (Å²) in [5.41, 5.74) is 2.51. The third kappa shape index (κ3) is 6.74. The lowest BCUT2D eigenvalue weighted by Crippen LogP contribution is -2.44. The number of benzene rings is 1. The van der Waals surface area contributed by atoms with E-state index in [4.69, 9.17) is 4.74 Å². The summed E-state index contributed by atoms with van der Waals surface area (Å²) in [5, 5.41) is 9.16. The summed E-state index contributed by atoms with van der Waals surface area (Å²) in [7, 11) is 3.62. The van der Waals surface area contributed by atoms with E-state index in [2.05, 4.69) is 61.5 Å². The number of methoxy groups -OCH3 is 1. The first kappa shape index (κ1) is 27.6. The molecule has 1 saturated heterocycles. The molecule has 1 amide bonds. The van der Waals surface area contributed by atoms with E-state index < -0.39 is 0 Å². The van der Waals surface area contributed by atoms with Gasteiger partial charge in [-0.25, -0.2) is 4.98 Å². The number of nitrogens with zero attached hydrogens (tertiary/aromatic N) is 5. The van der Waals surface area contributed by atoms with E-state index in [1.807, 2.05) is 26.0 Å². The Balaban J connectivity index is 1.62.